The number of hydrogen-bond acceptors (Lipinski definition) is 2. The Morgan fingerprint density at radius 3 is 2.31 bits per heavy atom. The summed E-state index contributed by atoms with van der Waals surface area (Å²) in [5, 5.41) is 10.6. The summed E-state index contributed by atoms with van der Waals surface area (Å²) in [5.74, 6) is 0. The van der Waals surface area contributed by atoms with Gasteiger partial charge in [0.15, 0.2) is 0 Å². The van der Waals surface area contributed by atoms with Gasteiger partial charge < -0.3 is 10.8 Å². The van der Waals surface area contributed by atoms with Gasteiger partial charge in [-0.2, -0.15) is 0 Å². The summed E-state index contributed by atoms with van der Waals surface area (Å²) in [6.07, 6.45) is 4.46. The average Bonchev–Trinajstić information content (AvgIpc) is 2.81. The molecule has 2 rings (SSSR count). The Bertz CT molecular complexity index is 339. The van der Waals surface area contributed by atoms with Crippen molar-refractivity contribution in [3.63, 3.8) is 0 Å². The van der Waals surface area contributed by atoms with E-state index >= 15 is 0 Å². The fraction of sp³-hybridized carbons (Fsp3) is 0.571. The Morgan fingerprint density at radius 2 is 1.81 bits per heavy atom. The molecule has 1 saturated carbocycles. The summed E-state index contributed by atoms with van der Waals surface area (Å²) in [6.45, 7) is 2.20. The zero-order valence-electron chi connectivity index (χ0n) is 9.95. The third-order valence-corrected chi connectivity index (χ3v) is 4.21. The number of rotatable bonds is 3. The summed E-state index contributed by atoms with van der Waals surface area (Å²) in [6, 6.07) is 10.3. The van der Waals surface area contributed by atoms with Crippen molar-refractivity contribution in [2.24, 2.45) is 5.73 Å². The van der Waals surface area contributed by atoms with Gasteiger partial charge in [0.1, 0.15) is 0 Å². The van der Waals surface area contributed by atoms with E-state index in [1.807, 2.05) is 25.1 Å². The van der Waals surface area contributed by atoms with E-state index in [0.717, 1.165) is 12.8 Å². The topological polar surface area (TPSA) is 46.2 Å². The molecule has 1 aromatic carbocycles. The van der Waals surface area contributed by atoms with E-state index in [1.54, 1.807) is 0 Å². The van der Waals surface area contributed by atoms with Crippen LogP contribution in [0.25, 0.3) is 0 Å². The summed E-state index contributed by atoms with van der Waals surface area (Å²) in [7, 11) is 0. The second-order valence-corrected chi connectivity index (χ2v) is 5.13. The quantitative estimate of drug-likeness (QED) is 0.818. The fourth-order valence-electron chi connectivity index (χ4n) is 3.07. The molecular formula is C14H21NO. The van der Waals surface area contributed by atoms with E-state index in [1.165, 1.54) is 18.4 Å². The van der Waals surface area contributed by atoms with Crippen molar-refractivity contribution in [3.05, 3.63) is 35.9 Å². The molecule has 1 fully saturated rings. The lowest BCUT2D eigenvalue weighted by molar-refractivity contribution is -0.0141. The van der Waals surface area contributed by atoms with Gasteiger partial charge in [0.05, 0.1) is 5.60 Å². The van der Waals surface area contributed by atoms with Crippen molar-refractivity contribution in [2.75, 3.05) is 6.54 Å². The molecule has 0 heterocycles. The van der Waals surface area contributed by atoms with E-state index in [0.29, 0.717) is 6.54 Å². The largest absolute Gasteiger partial charge is 0.388 e. The molecule has 2 nitrogen and oxygen atoms in total. The Morgan fingerprint density at radius 1 is 1.25 bits per heavy atom. The molecule has 2 heteroatoms. The first-order valence-corrected chi connectivity index (χ1v) is 6.10. The van der Waals surface area contributed by atoms with Gasteiger partial charge in [0.25, 0.3) is 0 Å². The summed E-state index contributed by atoms with van der Waals surface area (Å²) in [5.41, 5.74) is 6.06. The Hall–Kier alpha value is -0.860. The highest BCUT2D eigenvalue weighted by Crippen LogP contribution is 2.48. The van der Waals surface area contributed by atoms with E-state index in [-0.39, 0.29) is 5.41 Å². The summed E-state index contributed by atoms with van der Waals surface area (Å²) in [4.78, 5) is 0. The molecule has 1 atom stereocenters. The third kappa shape index (κ3) is 1.66. The molecule has 0 radical (unpaired) electrons. The molecular weight excluding hydrogens is 198 g/mol. The minimum Gasteiger partial charge on any atom is -0.388 e. The first-order valence-electron chi connectivity index (χ1n) is 6.10. The molecule has 0 aromatic heterocycles. The second kappa shape index (κ2) is 4.19. The van der Waals surface area contributed by atoms with Crippen molar-refractivity contribution in [3.8, 4) is 0 Å². The highest BCUT2D eigenvalue weighted by molar-refractivity contribution is 5.31. The van der Waals surface area contributed by atoms with Crippen LogP contribution in [0.1, 0.15) is 38.2 Å². The SMILES string of the molecule is CC(O)(CN)C1(c2ccccc2)CCCC1. The molecule has 1 aromatic rings. The van der Waals surface area contributed by atoms with Crippen LogP contribution in [-0.4, -0.2) is 17.3 Å². The van der Waals surface area contributed by atoms with E-state index in [9.17, 15) is 5.11 Å². The van der Waals surface area contributed by atoms with Crippen molar-refractivity contribution in [1.29, 1.82) is 0 Å². The van der Waals surface area contributed by atoms with Crippen molar-refractivity contribution in [2.45, 2.75) is 43.6 Å². The van der Waals surface area contributed by atoms with E-state index in [4.69, 9.17) is 5.73 Å². The zero-order chi connectivity index (χ0) is 11.6. The van der Waals surface area contributed by atoms with Crippen LogP contribution < -0.4 is 5.73 Å². The predicted octanol–water partition coefficient (Wildman–Crippen LogP) is 2.21. The minimum atomic E-state index is -0.801. The van der Waals surface area contributed by atoms with Gasteiger partial charge >= 0.3 is 0 Å². The summed E-state index contributed by atoms with van der Waals surface area (Å²) >= 11 is 0. The molecule has 1 aliphatic rings. The maximum atomic E-state index is 10.6. The molecule has 0 amide bonds. The molecule has 3 N–H and O–H groups in total. The van der Waals surface area contributed by atoms with Crippen molar-refractivity contribution >= 4 is 0 Å². The molecule has 0 spiro atoms. The van der Waals surface area contributed by atoms with Gasteiger partial charge in [-0.25, -0.2) is 0 Å². The van der Waals surface area contributed by atoms with Crippen molar-refractivity contribution in [1.82, 2.24) is 0 Å². The number of nitrogens with two attached hydrogens (primary N) is 1. The van der Waals surface area contributed by atoms with E-state index in [2.05, 4.69) is 12.1 Å². The maximum Gasteiger partial charge on any atom is 0.0837 e. The molecule has 0 bridgehead atoms. The van der Waals surface area contributed by atoms with Gasteiger partial charge in [-0.05, 0) is 25.3 Å². The highest BCUT2D eigenvalue weighted by Gasteiger charge is 2.48. The Kier molecular flexibility index (Phi) is 3.04. The van der Waals surface area contributed by atoms with Crippen molar-refractivity contribution < 1.29 is 5.11 Å². The van der Waals surface area contributed by atoms with Gasteiger partial charge in [-0.1, -0.05) is 43.2 Å². The predicted molar refractivity (Wildman–Crippen MR) is 66.3 cm³/mol. The number of benzene rings is 1. The lowest BCUT2D eigenvalue weighted by atomic mass is 9.66. The van der Waals surface area contributed by atoms with Gasteiger partial charge in [0.2, 0.25) is 0 Å². The van der Waals surface area contributed by atoms with Crippen LogP contribution in [0.15, 0.2) is 30.3 Å². The fourth-order valence-corrected chi connectivity index (χ4v) is 3.07. The van der Waals surface area contributed by atoms with Crippen LogP contribution in [0.3, 0.4) is 0 Å². The first kappa shape index (κ1) is 11.6. The van der Waals surface area contributed by atoms with Crippen LogP contribution in [0.5, 0.6) is 0 Å². The number of hydrogen-bond donors (Lipinski definition) is 2. The van der Waals surface area contributed by atoms with Gasteiger partial charge in [0, 0.05) is 12.0 Å². The van der Waals surface area contributed by atoms with E-state index < -0.39 is 5.60 Å². The summed E-state index contributed by atoms with van der Waals surface area (Å²) < 4.78 is 0. The van der Waals surface area contributed by atoms with Crippen LogP contribution in [0.4, 0.5) is 0 Å². The normalized spacial score (nSPS) is 22.9. The smallest absolute Gasteiger partial charge is 0.0837 e. The maximum absolute atomic E-state index is 10.6. The van der Waals surface area contributed by atoms with Crippen LogP contribution in [0, 0.1) is 0 Å². The Labute approximate surface area is 97.5 Å². The second-order valence-electron chi connectivity index (χ2n) is 5.13. The zero-order valence-corrected chi connectivity index (χ0v) is 9.95. The monoisotopic (exact) mass is 219 g/mol. The lowest BCUT2D eigenvalue weighted by Crippen LogP contribution is -2.52. The third-order valence-electron chi connectivity index (χ3n) is 4.21. The minimum absolute atomic E-state index is 0.136. The van der Waals surface area contributed by atoms with Crippen LogP contribution in [-0.2, 0) is 5.41 Å². The molecule has 1 aliphatic carbocycles. The van der Waals surface area contributed by atoms with Gasteiger partial charge in [-0.3, -0.25) is 0 Å². The standard InChI is InChI=1S/C14H21NO/c1-13(16,11-15)14(9-5-6-10-14)12-7-3-2-4-8-12/h2-4,7-8,16H,5-6,9-11,15H2,1H3. The average molecular weight is 219 g/mol. The first-order chi connectivity index (χ1) is 7.62. The van der Waals surface area contributed by atoms with Gasteiger partial charge in [-0.15, -0.1) is 0 Å². The molecule has 0 aliphatic heterocycles. The molecule has 16 heavy (non-hydrogen) atoms. The molecule has 88 valence electrons. The molecule has 0 saturated heterocycles. The van der Waals surface area contributed by atoms with Crippen LogP contribution in [0.2, 0.25) is 0 Å². The molecule has 1 unspecified atom stereocenters. The lowest BCUT2D eigenvalue weighted by Gasteiger charge is -2.43. The Balaban J connectivity index is 2.44. The van der Waals surface area contributed by atoms with Crippen LogP contribution >= 0.6 is 0 Å². The highest BCUT2D eigenvalue weighted by atomic mass is 16.3. The number of aliphatic hydroxyl groups is 1.